The molecule has 5 heteroatoms. The molecule has 3 aromatic rings. The Morgan fingerprint density at radius 3 is 2.62 bits per heavy atom. The highest BCUT2D eigenvalue weighted by atomic mass is 32.1. The van der Waals surface area contributed by atoms with Crippen molar-refractivity contribution in [1.82, 2.24) is 10.3 Å². The number of benzene rings is 2. The molecule has 0 radical (unpaired) electrons. The van der Waals surface area contributed by atoms with E-state index in [1.54, 1.807) is 11.3 Å². The fraction of sp³-hybridized carbons (Fsp3) is 0.238. The van der Waals surface area contributed by atoms with Crippen LogP contribution in [-0.2, 0) is 17.8 Å². The second-order valence-electron chi connectivity index (χ2n) is 6.38. The molecule has 0 bridgehead atoms. The molecule has 3 N–H and O–H groups in total. The van der Waals surface area contributed by atoms with Gasteiger partial charge in [-0.1, -0.05) is 42.5 Å². The molecule has 0 saturated heterocycles. The Bertz CT molecular complexity index is 946. The first-order valence-electron chi connectivity index (χ1n) is 8.58. The molecule has 4 nitrogen and oxygen atoms in total. The zero-order chi connectivity index (χ0) is 18.7. The number of carbonyl (C=O) groups is 1. The van der Waals surface area contributed by atoms with Gasteiger partial charge in [0, 0.05) is 17.0 Å². The van der Waals surface area contributed by atoms with E-state index in [1.807, 2.05) is 25.2 Å². The molecule has 0 aliphatic heterocycles. The molecule has 0 fully saturated rings. The van der Waals surface area contributed by atoms with E-state index in [-0.39, 0.29) is 12.3 Å². The minimum Gasteiger partial charge on any atom is -0.369 e. The number of nitrogens with two attached hydrogens (primary N) is 1. The summed E-state index contributed by atoms with van der Waals surface area (Å²) in [5.74, 6) is -0.317. The Labute approximate surface area is 158 Å². The molecule has 0 atom stereocenters. The number of rotatable bonds is 6. The number of nitrogens with zero attached hydrogens (tertiary/aromatic N) is 1. The van der Waals surface area contributed by atoms with Crippen molar-refractivity contribution in [3.63, 3.8) is 0 Å². The van der Waals surface area contributed by atoms with Gasteiger partial charge in [-0.15, -0.1) is 11.3 Å². The summed E-state index contributed by atoms with van der Waals surface area (Å²) in [4.78, 5) is 17.2. The third kappa shape index (κ3) is 3.84. The zero-order valence-electron chi connectivity index (χ0n) is 15.3. The van der Waals surface area contributed by atoms with Gasteiger partial charge >= 0.3 is 0 Å². The van der Waals surface area contributed by atoms with Gasteiger partial charge in [0.1, 0.15) is 5.01 Å². The number of nitrogens with one attached hydrogen (secondary N) is 1. The summed E-state index contributed by atoms with van der Waals surface area (Å²) in [5.41, 5.74) is 11.9. The fourth-order valence-corrected chi connectivity index (χ4v) is 4.25. The van der Waals surface area contributed by atoms with E-state index in [0.717, 1.165) is 39.5 Å². The van der Waals surface area contributed by atoms with Crippen molar-refractivity contribution in [3.05, 3.63) is 64.2 Å². The van der Waals surface area contributed by atoms with Crippen LogP contribution >= 0.6 is 11.3 Å². The summed E-state index contributed by atoms with van der Waals surface area (Å²) in [6.45, 7) is 5.01. The van der Waals surface area contributed by atoms with Gasteiger partial charge in [0.25, 0.3) is 0 Å². The van der Waals surface area contributed by atoms with Crippen LogP contribution in [0.25, 0.3) is 21.7 Å². The van der Waals surface area contributed by atoms with Crippen molar-refractivity contribution in [3.8, 4) is 21.7 Å². The summed E-state index contributed by atoms with van der Waals surface area (Å²) in [5, 5.41) is 4.24. The van der Waals surface area contributed by atoms with Gasteiger partial charge in [0.2, 0.25) is 5.91 Å². The topological polar surface area (TPSA) is 68.0 Å². The fourth-order valence-electron chi connectivity index (χ4n) is 3.10. The molecule has 0 spiro atoms. The van der Waals surface area contributed by atoms with E-state index < -0.39 is 0 Å². The van der Waals surface area contributed by atoms with E-state index in [9.17, 15) is 4.79 Å². The highest BCUT2D eigenvalue weighted by molar-refractivity contribution is 7.15. The van der Waals surface area contributed by atoms with E-state index in [4.69, 9.17) is 10.7 Å². The summed E-state index contributed by atoms with van der Waals surface area (Å²) < 4.78 is 0. The number of carbonyl (C=O) groups excluding carboxylic acids is 1. The predicted octanol–water partition coefficient (Wildman–Crippen LogP) is 3.84. The molecule has 0 aliphatic rings. The van der Waals surface area contributed by atoms with E-state index in [1.165, 1.54) is 10.4 Å². The largest absolute Gasteiger partial charge is 0.369 e. The van der Waals surface area contributed by atoms with Crippen LogP contribution in [-0.4, -0.2) is 17.9 Å². The van der Waals surface area contributed by atoms with Crippen molar-refractivity contribution in [1.29, 1.82) is 0 Å². The third-order valence-corrected chi connectivity index (χ3v) is 5.60. The summed E-state index contributed by atoms with van der Waals surface area (Å²) >= 11 is 1.73. The van der Waals surface area contributed by atoms with Crippen LogP contribution < -0.4 is 11.1 Å². The normalized spacial score (nSPS) is 10.9. The molecule has 1 aromatic heterocycles. The van der Waals surface area contributed by atoms with Gasteiger partial charge in [-0.05, 0) is 43.1 Å². The second kappa shape index (κ2) is 7.81. The summed E-state index contributed by atoms with van der Waals surface area (Å²) in [6, 6.07) is 14.3. The van der Waals surface area contributed by atoms with Gasteiger partial charge in [-0.3, -0.25) is 4.79 Å². The van der Waals surface area contributed by atoms with Crippen LogP contribution in [0.1, 0.15) is 21.7 Å². The van der Waals surface area contributed by atoms with Gasteiger partial charge in [0.05, 0.1) is 12.1 Å². The number of hydrogen-bond acceptors (Lipinski definition) is 4. The smallest absolute Gasteiger partial charge is 0.221 e. The molecule has 26 heavy (non-hydrogen) atoms. The first-order chi connectivity index (χ1) is 12.5. The minimum absolute atomic E-state index is 0.256. The SMILES string of the molecule is CNCc1sc(-c2cccc(-c3cccc(CC(N)=O)c3)c2C)nc1C. The maximum absolute atomic E-state index is 11.2. The number of primary amides is 1. The molecule has 0 unspecified atom stereocenters. The Hall–Kier alpha value is -2.50. The standard InChI is InChI=1S/C21H23N3OS/c1-13-17(16-7-4-6-15(10-16)11-20(22)25)8-5-9-18(13)21-24-14(2)19(26-21)12-23-3/h4-10,23H,11-12H2,1-3H3,(H2,22,25). The lowest BCUT2D eigenvalue weighted by molar-refractivity contribution is -0.117. The first-order valence-corrected chi connectivity index (χ1v) is 9.39. The average Bonchev–Trinajstić information content (AvgIpc) is 2.96. The first kappa shape index (κ1) is 18.3. The Balaban J connectivity index is 2.03. The molecule has 1 amide bonds. The number of hydrogen-bond donors (Lipinski definition) is 2. The van der Waals surface area contributed by atoms with E-state index in [2.05, 4.69) is 43.4 Å². The molecule has 3 rings (SSSR count). The Morgan fingerprint density at radius 2 is 1.88 bits per heavy atom. The molecule has 0 aliphatic carbocycles. The third-order valence-electron chi connectivity index (χ3n) is 4.41. The zero-order valence-corrected chi connectivity index (χ0v) is 16.1. The van der Waals surface area contributed by atoms with Crippen molar-refractivity contribution >= 4 is 17.2 Å². The van der Waals surface area contributed by atoms with Crippen molar-refractivity contribution in [2.24, 2.45) is 5.73 Å². The number of aromatic nitrogens is 1. The predicted molar refractivity (Wildman–Crippen MR) is 108 cm³/mol. The van der Waals surface area contributed by atoms with Crippen LogP contribution in [0, 0.1) is 13.8 Å². The molecular formula is C21H23N3OS. The highest BCUT2D eigenvalue weighted by Crippen LogP contribution is 2.35. The lowest BCUT2D eigenvalue weighted by atomic mass is 9.95. The Morgan fingerprint density at radius 1 is 1.15 bits per heavy atom. The molecule has 134 valence electrons. The Kier molecular flexibility index (Phi) is 5.49. The highest BCUT2D eigenvalue weighted by Gasteiger charge is 2.14. The van der Waals surface area contributed by atoms with Crippen LogP contribution in [0.4, 0.5) is 0 Å². The summed E-state index contributed by atoms with van der Waals surface area (Å²) in [7, 11) is 1.95. The van der Waals surface area contributed by atoms with E-state index >= 15 is 0 Å². The second-order valence-corrected chi connectivity index (χ2v) is 7.46. The van der Waals surface area contributed by atoms with Gasteiger partial charge in [-0.25, -0.2) is 4.98 Å². The molecular weight excluding hydrogens is 342 g/mol. The molecule has 1 heterocycles. The molecule has 2 aromatic carbocycles. The van der Waals surface area contributed by atoms with Crippen LogP contribution in [0.15, 0.2) is 42.5 Å². The van der Waals surface area contributed by atoms with Crippen molar-refractivity contribution < 1.29 is 4.79 Å². The maximum Gasteiger partial charge on any atom is 0.221 e. The van der Waals surface area contributed by atoms with Crippen LogP contribution in [0.3, 0.4) is 0 Å². The van der Waals surface area contributed by atoms with Crippen molar-refractivity contribution in [2.45, 2.75) is 26.8 Å². The maximum atomic E-state index is 11.2. The summed E-state index contributed by atoms with van der Waals surface area (Å²) in [6.07, 6.45) is 0.256. The van der Waals surface area contributed by atoms with Gasteiger partial charge < -0.3 is 11.1 Å². The van der Waals surface area contributed by atoms with E-state index in [0.29, 0.717) is 0 Å². The quantitative estimate of drug-likeness (QED) is 0.697. The lowest BCUT2D eigenvalue weighted by Crippen LogP contribution is -2.13. The van der Waals surface area contributed by atoms with Gasteiger partial charge in [-0.2, -0.15) is 0 Å². The number of aryl methyl sites for hydroxylation is 1. The number of thiazole rings is 1. The number of amides is 1. The monoisotopic (exact) mass is 365 g/mol. The average molecular weight is 366 g/mol. The van der Waals surface area contributed by atoms with Crippen LogP contribution in [0.5, 0.6) is 0 Å². The van der Waals surface area contributed by atoms with Crippen LogP contribution in [0.2, 0.25) is 0 Å². The lowest BCUT2D eigenvalue weighted by Gasteiger charge is -2.11. The van der Waals surface area contributed by atoms with Crippen molar-refractivity contribution in [2.75, 3.05) is 7.05 Å². The minimum atomic E-state index is -0.317. The van der Waals surface area contributed by atoms with Gasteiger partial charge in [0.15, 0.2) is 0 Å². The molecule has 0 saturated carbocycles.